The maximum absolute atomic E-state index is 11.9. The Hall–Kier alpha value is -1.57. The van der Waals surface area contributed by atoms with Crippen LogP contribution in [0.15, 0.2) is 24.3 Å². The Kier molecular flexibility index (Phi) is 7.08. The molecule has 7 heteroatoms. The van der Waals surface area contributed by atoms with E-state index in [9.17, 15) is 4.79 Å². The fourth-order valence-electron chi connectivity index (χ4n) is 2.93. The summed E-state index contributed by atoms with van der Waals surface area (Å²) in [5.41, 5.74) is 1.15. The van der Waals surface area contributed by atoms with Crippen LogP contribution >= 0.6 is 0 Å². The Labute approximate surface area is 176 Å². The molecule has 29 heavy (non-hydrogen) atoms. The Morgan fingerprint density at radius 1 is 1.21 bits per heavy atom. The molecule has 1 unspecified atom stereocenters. The van der Waals surface area contributed by atoms with Crippen molar-refractivity contribution in [1.82, 2.24) is 10.2 Å². The first kappa shape index (κ1) is 23.7. The molecule has 0 aromatic heterocycles. The van der Waals surface area contributed by atoms with Gasteiger partial charge in [0.1, 0.15) is 6.61 Å². The fraction of sp³-hybridized carbons (Fsp3) is 0.682. The predicted molar refractivity (Wildman–Crippen MR) is 117 cm³/mol. The number of nitrogens with one attached hydrogen (secondary N) is 1. The van der Waals surface area contributed by atoms with E-state index < -0.39 is 0 Å². The number of ether oxygens (including phenoxy) is 1. The molecule has 1 saturated heterocycles. The molecule has 0 bridgehead atoms. The first-order valence-electron chi connectivity index (χ1n) is 10.3. The molecule has 1 aliphatic rings. The number of carbonyl (C=O) groups is 1. The van der Waals surface area contributed by atoms with Gasteiger partial charge >= 0.3 is 13.2 Å². The van der Waals surface area contributed by atoms with Gasteiger partial charge < -0.3 is 19.4 Å². The van der Waals surface area contributed by atoms with Crippen LogP contribution in [0.5, 0.6) is 0 Å². The van der Waals surface area contributed by atoms with E-state index >= 15 is 0 Å². The number of carbonyl (C=O) groups excluding carboxylic acids is 1. The van der Waals surface area contributed by atoms with E-state index in [0.29, 0.717) is 6.61 Å². The predicted octanol–water partition coefficient (Wildman–Crippen LogP) is 3.33. The van der Waals surface area contributed by atoms with Crippen molar-refractivity contribution in [2.45, 2.75) is 84.7 Å². The highest BCUT2D eigenvalue weighted by Crippen LogP contribution is 2.36. The molecule has 1 atom stereocenters. The first-order valence-corrected chi connectivity index (χ1v) is 10.3. The van der Waals surface area contributed by atoms with Gasteiger partial charge in [-0.3, -0.25) is 4.90 Å². The van der Waals surface area contributed by atoms with Crippen LogP contribution < -0.4 is 10.8 Å². The summed E-state index contributed by atoms with van der Waals surface area (Å²) in [7, 11) is 1.66. The summed E-state index contributed by atoms with van der Waals surface area (Å²) in [5.74, 6) is 0. The van der Waals surface area contributed by atoms with Gasteiger partial charge in [-0.25, -0.2) is 4.79 Å². The van der Waals surface area contributed by atoms with Crippen LogP contribution in [-0.4, -0.2) is 54.5 Å². The summed E-state index contributed by atoms with van der Waals surface area (Å²) < 4.78 is 17.7. The highest BCUT2D eigenvalue weighted by atomic mass is 16.7. The van der Waals surface area contributed by atoms with Crippen molar-refractivity contribution in [2.24, 2.45) is 0 Å². The number of hydrogen-bond acceptors (Lipinski definition) is 5. The second-order valence-corrected chi connectivity index (χ2v) is 10.1. The number of alkyl carbamates (subject to hydrolysis) is 1. The van der Waals surface area contributed by atoms with E-state index in [-0.39, 0.29) is 36.0 Å². The Balaban J connectivity index is 1.93. The molecule has 6 nitrogen and oxygen atoms in total. The highest BCUT2D eigenvalue weighted by molar-refractivity contribution is 6.62. The Morgan fingerprint density at radius 2 is 1.79 bits per heavy atom. The van der Waals surface area contributed by atoms with E-state index in [4.69, 9.17) is 14.0 Å². The molecular weight excluding hydrogens is 367 g/mol. The van der Waals surface area contributed by atoms with Crippen LogP contribution in [0.25, 0.3) is 0 Å². The standard InChI is InChI=1S/C22H37BN2O4/c1-16(15-27-19(26)24-20(2,3)4)25(9)14-17-11-10-12-18(13-17)23-28-21(5,6)22(7,8)29-23/h10-13,16H,14-15H2,1-9H3,(H,24,26). The summed E-state index contributed by atoms with van der Waals surface area (Å²) >= 11 is 0. The van der Waals surface area contributed by atoms with Crippen LogP contribution in [0.4, 0.5) is 4.79 Å². The van der Waals surface area contributed by atoms with Gasteiger partial charge in [-0.2, -0.15) is 0 Å². The average Bonchev–Trinajstić information content (AvgIpc) is 2.79. The van der Waals surface area contributed by atoms with E-state index in [2.05, 4.69) is 50.0 Å². The lowest BCUT2D eigenvalue weighted by atomic mass is 9.78. The molecule has 1 amide bonds. The normalized spacial score (nSPS) is 19.3. The third-order valence-corrected chi connectivity index (χ3v) is 5.59. The van der Waals surface area contributed by atoms with Crippen molar-refractivity contribution < 1.29 is 18.8 Å². The van der Waals surface area contributed by atoms with Crippen molar-refractivity contribution in [2.75, 3.05) is 13.7 Å². The molecule has 1 aromatic rings. The largest absolute Gasteiger partial charge is 0.494 e. The Morgan fingerprint density at radius 3 is 2.34 bits per heavy atom. The van der Waals surface area contributed by atoms with Crippen molar-refractivity contribution in [3.63, 3.8) is 0 Å². The van der Waals surface area contributed by atoms with Crippen molar-refractivity contribution in [1.29, 1.82) is 0 Å². The third-order valence-electron chi connectivity index (χ3n) is 5.59. The van der Waals surface area contributed by atoms with E-state index in [1.165, 1.54) is 0 Å². The second kappa shape index (κ2) is 8.66. The lowest BCUT2D eigenvalue weighted by molar-refractivity contribution is 0.00578. The van der Waals surface area contributed by atoms with Gasteiger partial charge in [0.05, 0.1) is 11.2 Å². The van der Waals surface area contributed by atoms with E-state index in [1.807, 2.05) is 46.9 Å². The third kappa shape index (κ3) is 6.46. The quantitative estimate of drug-likeness (QED) is 0.737. The molecule has 1 aliphatic heterocycles. The summed E-state index contributed by atoms with van der Waals surface area (Å²) in [5, 5.41) is 2.81. The molecule has 0 radical (unpaired) electrons. The molecular formula is C22H37BN2O4. The highest BCUT2D eigenvalue weighted by Gasteiger charge is 2.51. The molecule has 1 N–H and O–H groups in total. The maximum Gasteiger partial charge on any atom is 0.494 e. The molecule has 1 aromatic carbocycles. The number of likely N-dealkylation sites (N-methyl/N-ethyl adjacent to an activating group) is 1. The van der Waals surface area contributed by atoms with Crippen LogP contribution in [0, 0.1) is 0 Å². The number of amides is 1. The minimum absolute atomic E-state index is 0.0845. The molecule has 162 valence electrons. The topological polar surface area (TPSA) is 60.0 Å². The van der Waals surface area contributed by atoms with Crippen LogP contribution in [0.2, 0.25) is 0 Å². The van der Waals surface area contributed by atoms with E-state index in [0.717, 1.165) is 17.6 Å². The second-order valence-electron chi connectivity index (χ2n) is 10.1. The van der Waals surface area contributed by atoms with E-state index in [1.54, 1.807) is 0 Å². The minimum atomic E-state index is -0.388. The smallest absolute Gasteiger partial charge is 0.448 e. The fourth-order valence-corrected chi connectivity index (χ4v) is 2.93. The molecule has 0 spiro atoms. The summed E-state index contributed by atoms with van der Waals surface area (Å²) in [6.45, 7) is 17.1. The Bertz CT molecular complexity index is 699. The SMILES string of the molecule is CC(COC(=O)NC(C)(C)C)N(C)Cc1cccc(B2OC(C)(C)C(C)(C)O2)c1. The van der Waals surface area contributed by atoms with Gasteiger partial charge in [0, 0.05) is 18.1 Å². The molecule has 1 fully saturated rings. The van der Waals surface area contributed by atoms with Gasteiger partial charge in [0.2, 0.25) is 0 Å². The van der Waals surface area contributed by atoms with Crippen LogP contribution in [-0.2, 0) is 20.6 Å². The minimum Gasteiger partial charge on any atom is -0.448 e. The van der Waals surface area contributed by atoms with Crippen LogP contribution in [0.3, 0.4) is 0 Å². The monoisotopic (exact) mass is 404 g/mol. The number of rotatable bonds is 6. The molecule has 0 saturated carbocycles. The first-order chi connectivity index (χ1) is 13.2. The van der Waals surface area contributed by atoms with Gasteiger partial charge in [0.15, 0.2) is 0 Å². The number of benzene rings is 1. The lowest BCUT2D eigenvalue weighted by Gasteiger charge is -2.32. The molecule has 0 aliphatic carbocycles. The van der Waals surface area contributed by atoms with Crippen molar-refractivity contribution >= 4 is 18.7 Å². The van der Waals surface area contributed by atoms with Gasteiger partial charge in [-0.1, -0.05) is 24.3 Å². The zero-order valence-corrected chi connectivity index (χ0v) is 19.5. The zero-order valence-electron chi connectivity index (χ0n) is 19.5. The van der Waals surface area contributed by atoms with Gasteiger partial charge in [-0.15, -0.1) is 0 Å². The lowest BCUT2D eigenvalue weighted by Crippen LogP contribution is -2.42. The summed E-state index contributed by atoms with van der Waals surface area (Å²) in [6.07, 6.45) is -0.388. The van der Waals surface area contributed by atoms with Crippen LogP contribution in [0.1, 0.15) is 61.0 Å². The van der Waals surface area contributed by atoms with Crippen molar-refractivity contribution in [3.8, 4) is 0 Å². The van der Waals surface area contributed by atoms with Crippen molar-refractivity contribution in [3.05, 3.63) is 29.8 Å². The zero-order chi connectivity index (χ0) is 22.0. The number of hydrogen-bond donors (Lipinski definition) is 1. The summed E-state index contributed by atoms with van der Waals surface area (Å²) in [6, 6.07) is 8.36. The average molecular weight is 404 g/mol. The summed E-state index contributed by atoms with van der Waals surface area (Å²) in [4.78, 5) is 14.0. The number of nitrogens with zero attached hydrogens (tertiary/aromatic N) is 1. The molecule has 2 rings (SSSR count). The van der Waals surface area contributed by atoms with Gasteiger partial charge in [-0.05, 0) is 73.5 Å². The van der Waals surface area contributed by atoms with Gasteiger partial charge in [0.25, 0.3) is 0 Å². The maximum atomic E-state index is 11.9. The molecule has 1 heterocycles.